The summed E-state index contributed by atoms with van der Waals surface area (Å²) in [6.07, 6.45) is 0. The van der Waals surface area contributed by atoms with Crippen molar-refractivity contribution in [3.63, 3.8) is 0 Å². The summed E-state index contributed by atoms with van der Waals surface area (Å²) in [7, 11) is 0. The molecule has 0 aliphatic rings. The summed E-state index contributed by atoms with van der Waals surface area (Å²) in [6, 6.07) is 13.3. The van der Waals surface area contributed by atoms with Crippen LogP contribution < -0.4 is 10.6 Å². The first-order valence-electron chi connectivity index (χ1n) is 8.92. The molecule has 0 spiro atoms. The number of hydrogen-bond acceptors (Lipinski definition) is 4. The Morgan fingerprint density at radius 2 is 1.83 bits per heavy atom. The smallest absolute Gasteiger partial charge is 0.243 e. The summed E-state index contributed by atoms with van der Waals surface area (Å²) >= 11 is 12.8. The van der Waals surface area contributed by atoms with Gasteiger partial charge in [-0.3, -0.25) is 9.59 Å². The molecule has 0 saturated carbocycles. The van der Waals surface area contributed by atoms with E-state index in [0.717, 1.165) is 22.4 Å². The van der Waals surface area contributed by atoms with Crippen LogP contribution in [0.5, 0.6) is 0 Å². The second-order valence-corrected chi connectivity index (χ2v) is 8.49. The van der Waals surface area contributed by atoms with Gasteiger partial charge in [-0.1, -0.05) is 47.5 Å². The molecule has 1 aromatic heterocycles. The predicted octanol–water partition coefficient (Wildman–Crippen LogP) is 4.97. The topological polar surface area (TPSA) is 63.1 Å². The van der Waals surface area contributed by atoms with Gasteiger partial charge in [-0.25, -0.2) is 0 Å². The van der Waals surface area contributed by atoms with Crippen LogP contribution in [0, 0.1) is 17.8 Å². The van der Waals surface area contributed by atoms with E-state index in [9.17, 15) is 9.59 Å². The Hall–Kier alpha value is -2.48. The van der Waals surface area contributed by atoms with Crippen LogP contribution in [-0.2, 0) is 16.1 Å². The van der Waals surface area contributed by atoms with E-state index in [0.29, 0.717) is 14.7 Å². The number of carbonyl (C=O) groups excluding carboxylic acids is 2. The Balaban J connectivity index is 1.62. The van der Waals surface area contributed by atoms with Gasteiger partial charge in [0.25, 0.3) is 0 Å². The highest BCUT2D eigenvalue weighted by Gasteiger charge is 2.13. The average Bonchev–Trinajstić information content (AvgIpc) is 3.05. The largest absolute Gasteiger partial charge is 0.345 e. The van der Waals surface area contributed by atoms with Gasteiger partial charge in [0, 0.05) is 16.1 Å². The van der Waals surface area contributed by atoms with E-state index in [1.165, 1.54) is 11.3 Å². The third-order valence-corrected chi connectivity index (χ3v) is 6.10. The number of aromatic nitrogens is 1. The van der Waals surface area contributed by atoms with Crippen molar-refractivity contribution in [1.29, 1.82) is 0 Å². The molecule has 0 aliphatic carbocycles. The van der Waals surface area contributed by atoms with Gasteiger partial charge in [0.2, 0.25) is 11.8 Å². The molecule has 3 aromatic rings. The maximum Gasteiger partial charge on any atom is 0.243 e. The number of hydrogen-bond donors (Lipinski definition) is 2. The molecule has 5 nitrogen and oxygen atoms in total. The van der Waals surface area contributed by atoms with Gasteiger partial charge in [0.1, 0.15) is 6.54 Å². The summed E-state index contributed by atoms with van der Waals surface area (Å²) < 4.78 is 2.38. The van der Waals surface area contributed by atoms with E-state index in [-0.39, 0.29) is 24.9 Å². The Kier molecular flexibility index (Phi) is 6.84. The van der Waals surface area contributed by atoms with Crippen molar-refractivity contribution in [3.05, 3.63) is 67.9 Å². The minimum absolute atomic E-state index is 0.0506. The first-order chi connectivity index (χ1) is 13.8. The molecule has 8 heteroatoms. The molecular formula is C21H20ClN3O2S2. The van der Waals surface area contributed by atoms with Gasteiger partial charge in [-0.2, -0.15) is 0 Å². The molecule has 0 radical (unpaired) electrons. The fourth-order valence-electron chi connectivity index (χ4n) is 2.75. The molecule has 0 aliphatic heterocycles. The Morgan fingerprint density at radius 3 is 2.55 bits per heavy atom. The molecule has 2 N–H and O–H groups in total. The van der Waals surface area contributed by atoms with Crippen molar-refractivity contribution in [2.75, 3.05) is 11.9 Å². The fraction of sp³-hybridized carbons (Fsp3) is 0.190. The van der Waals surface area contributed by atoms with Crippen molar-refractivity contribution in [1.82, 2.24) is 9.88 Å². The maximum atomic E-state index is 12.4. The Bertz CT molecular complexity index is 1100. The molecule has 2 aromatic carbocycles. The second kappa shape index (κ2) is 9.35. The highest BCUT2D eigenvalue weighted by atomic mass is 35.5. The van der Waals surface area contributed by atoms with Crippen molar-refractivity contribution in [2.45, 2.75) is 20.4 Å². The lowest BCUT2D eigenvalue weighted by Gasteiger charge is -2.11. The highest BCUT2D eigenvalue weighted by molar-refractivity contribution is 7.73. The van der Waals surface area contributed by atoms with Crippen LogP contribution >= 0.6 is 35.2 Å². The molecule has 0 fully saturated rings. The van der Waals surface area contributed by atoms with Crippen molar-refractivity contribution >= 4 is 52.7 Å². The lowest BCUT2D eigenvalue weighted by Crippen LogP contribution is -2.35. The van der Waals surface area contributed by atoms with Crippen LogP contribution in [0.25, 0.3) is 11.3 Å². The van der Waals surface area contributed by atoms with Gasteiger partial charge in [-0.15, -0.1) is 11.3 Å². The number of anilines is 1. The first-order valence-corrected chi connectivity index (χ1v) is 10.6. The second-order valence-electron chi connectivity index (χ2n) is 6.58. The number of halogens is 1. The lowest BCUT2D eigenvalue weighted by molar-refractivity contribution is -0.124. The SMILES string of the molecule is Cc1ccc(-c2csc(=S)n2CC(=O)NCC(=O)Nc2cccc(Cl)c2C)cc1. The van der Waals surface area contributed by atoms with Crippen LogP contribution in [0.3, 0.4) is 0 Å². The third-order valence-electron chi connectivity index (χ3n) is 4.42. The van der Waals surface area contributed by atoms with E-state index >= 15 is 0 Å². The summed E-state index contributed by atoms with van der Waals surface area (Å²) in [5.41, 5.74) is 4.44. The van der Waals surface area contributed by atoms with Gasteiger partial charge in [0.05, 0.1) is 12.2 Å². The van der Waals surface area contributed by atoms with Gasteiger partial charge in [0.15, 0.2) is 3.95 Å². The predicted molar refractivity (Wildman–Crippen MR) is 121 cm³/mol. The molecule has 0 saturated heterocycles. The zero-order valence-corrected chi connectivity index (χ0v) is 18.4. The van der Waals surface area contributed by atoms with Crippen molar-refractivity contribution in [3.8, 4) is 11.3 Å². The van der Waals surface area contributed by atoms with E-state index in [1.54, 1.807) is 22.8 Å². The molecule has 0 unspecified atom stereocenters. The zero-order valence-electron chi connectivity index (χ0n) is 16.0. The number of thiazole rings is 1. The minimum Gasteiger partial charge on any atom is -0.345 e. The quantitative estimate of drug-likeness (QED) is 0.526. The van der Waals surface area contributed by atoms with E-state index < -0.39 is 0 Å². The third kappa shape index (κ3) is 5.32. The molecule has 2 amide bonds. The first kappa shape index (κ1) is 21.2. The molecule has 3 rings (SSSR count). The summed E-state index contributed by atoms with van der Waals surface area (Å²) in [6.45, 7) is 3.76. The Morgan fingerprint density at radius 1 is 1.10 bits per heavy atom. The normalized spacial score (nSPS) is 10.6. The molecule has 0 bridgehead atoms. The van der Waals surface area contributed by atoms with E-state index in [2.05, 4.69) is 10.6 Å². The van der Waals surface area contributed by atoms with Crippen LogP contribution in [0.15, 0.2) is 47.8 Å². The number of amides is 2. The number of aryl methyl sites for hydroxylation is 1. The lowest BCUT2D eigenvalue weighted by atomic mass is 10.1. The fourth-order valence-corrected chi connectivity index (χ4v) is 3.99. The van der Waals surface area contributed by atoms with Crippen LogP contribution in [0.1, 0.15) is 11.1 Å². The van der Waals surface area contributed by atoms with E-state index in [1.807, 2.05) is 43.5 Å². The number of nitrogens with one attached hydrogen (secondary N) is 2. The zero-order chi connectivity index (χ0) is 21.0. The van der Waals surface area contributed by atoms with E-state index in [4.69, 9.17) is 23.8 Å². The summed E-state index contributed by atoms with van der Waals surface area (Å²) in [4.78, 5) is 24.6. The van der Waals surface area contributed by atoms with Gasteiger partial charge in [-0.05, 0) is 49.3 Å². The summed E-state index contributed by atoms with van der Waals surface area (Å²) in [5.74, 6) is -0.609. The van der Waals surface area contributed by atoms with Crippen LogP contribution in [0.2, 0.25) is 5.02 Å². The molecule has 29 heavy (non-hydrogen) atoms. The molecule has 1 heterocycles. The molecule has 0 atom stereocenters. The minimum atomic E-state index is -0.323. The van der Waals surface area contributed by atoms with Crippen molar-refractivity contribution < 1.29 is 9.59 Å². The average molecular weight is 446 g/mol. The molecular weight excluding hydrogens is 426 g/mol. The van der Waals surface area contributed by atoms with Gasteiger partial charge >= 0.3 is 0 Å². The molecule has 150 valence electrons. The Labute approximate surface area is 183 Å². The number of benzene rings is 2. The maximum absolute atomic E-state index is 12.4. The highest BCUT2D eigenvalue weighted by Crippen LogP contribution is 2.24. The van der Waals surface area contributed by atoms with Crippen LogP contribution in [-0.4, -0.2) is 22.9 Å². The summed E-state index contributed by atoms with van der Waals surface area (Å²) in [5, 5.41) is 7.91. The van der Waals surface area contributed by atoms with Crippen LogP contribution in [0.4, 0.5) is 5.69 Å². The monoisotopic (exact) mass is 445 g/mol. The van der Waals surface area contributed by atoms with Gasteiger partial charge < -0.3 is 15.2 Å². The number of nitrogens with zero attached hydrogens (tertiary/aromatic N) is 1. The number of carbonyl (C=O) groups is 2. The van der Waals surface area contributed by atoms with Crippen molar-refractivity contribution in [2.24, 2.45) is 0 Å². The standard InChI is InChI=1S/C21H20ClN3O2S2/c1-13-6-8-15(9-7-13)18-12-29-21(28)25(18)11-20(27)23-10-19(26)24-17-5-3-4-16(22)14(17)2/h3-9,12H,10-11H2,1-2H3,(H,23,27)(H,24,26). The number of rotatable bonds is 6.